The van der Waals surface area contributed by atoms with Gasteiger partial charge in [0.2, 0.25) is 12.7 Å². The molecule has 0 saturated heterocycles. The number of carbonyl (C=O) groups excluding carboxylic acids is 1. The average Bonchev–Trinajstić information content (AvgIpc) is 3.25. The highest BCUT2D eigenvalue weighted by molar-refractivity contribution is 8.00. The van der Waals surface area contributed by atoms with E-state index in [9.17, 15) is 4.79 Å². The number of hydrogen-bond donors (Lipinski definition) is 1. The van der Waals surface area contributed by atoms with E-state index in [2.05, 4.69) is 33.2 Å². The molecule has 0 bridgehead atoms. The first kappa shape index (κ1) is 16.6. The van der Waals surface area contributed by atoms with Crippen LogP contribution in [-0.2, 0) is 11.2 Å². The molecule has 26 heavy (non-hydrogen) atoms. The Labute approximate surface area is 153 Å². The fourth-order valence-corrected chi connectivity index (χ4v) is 3.51. The summed E-state index contributed by atoms with van der Waals surface area (Å²) in [5, 5.41) is 11.8. The Morgan fingerprint density at radius 2 is 2.04 bits per heavy atom. The van der Waals surface area contributed by atoms with E-state index in [4.69, 9.17) is 14.5 Å². The van der Waals surface area contributed by atoms with Crippen LogP contribution in [0.4, 0.5) is 5.82 Å². The van der Waals surface area contributed by atoms with Crippen LogP contribution in [0.5, 0.6) is 11.5 Å². The number of fused-ring (bicyclic) bond motifs is 2. The lowest BCUT2D eigenvalue weighted by Gasteiger charge is -2.09. The van der Waals surface area contributed by atoms with Crippen molar-refractivity contribution in [3.63, 3.8) is 0 Å². The molecule has 134 valence electrons. The first-order chi connectivity index (χ1) is 12.6. The van der Waals surface area contributed by atoms with Crippen molar-refractivity contribution in [3.05, 3.63) is 29.5 Å². The molecule has 1 aromatic carbocycles. The summed E-state index contributed by atoms with van der Waals surface area (Å²) in [6, 6.07) is 5.88. The fraction of sp³-hybridized carbons (Fsp3) is 0.294. The fourth-order valence-electron chi connectivity index (χ4n) is 2.62. The van der Waals surface area contributed by atoms with Gasteiger partial charge >= 0.3 is 0 Å². The Hall–Kier alpha value is -2.81. The van der Waals surface area contributed by atoms with E-state index in [-0.39, 0.29) is 18.5 Å². The summed E-state index contributed by atoms with van der Waals surface area (Å²) in [7, 11) is 0. The standard InChI is InChI=1S/C17H16N4O4S/c1-3-10-4-11-5-13-14(24-8-23-13)6-12(11)18-17(10)26-7-15(22)19-16-9(2)20-25-21-16/h4-6H,3,7-8H2,1-2H3,(H,19,21,22). The van der Waals surface area contributed by atoms with Crippen LogP contribution in [0, 0.1) is 6.92 Å². The highest BCUT2D eigenvalue weighted by Crippen LogP contribution is 2.37. The number of pyridine rings is 1. The number of nitrogens with zero attached hydrogens (tertiary/aromatic N) is 3. The van der Waals surface area contributed by atoms with E-state index in [1.165, 1.54) is 11.8 Å². The van der Waals surface area contributed by atoms with E-state index < -0.39 is 0 Å². The zero-order chi connectivity index (χ0) is 18.1. The molecule has 0 unspecified atom stereocenters. The highest BCUT2D eigenvalue weighted by Gasteiger charge is 2.17. The minimum absolute atomic E-state index is 0.191. The van der Waals surface area contributed by atoms with E-state index in [0.29, 0.717) is 17.3 Å². The number of hydrogen-bond acceptors (Lipinski definition) is 8. The van der Waals surface area contributed by atoms with Crippen molar-refractivity contribution in [2.45, 2.75) is 25.3 Å². The van der Waals surface area contributed by atoms with Crippen LogP contribution < -0.4 is 14.8 Å². The number of anilines is 1. The Morgan fingerprint density at radius 3 is 2.77 bits per heavy atom. The number of carbonyl (C=O) groups is 1. The molecule has 2 aromatic heterocycles. The molecule has 0 fully saturated rings. The van der Waals surface area contributed by atoms with E-state index >= 15 is 0 Å². The lowest BCUT2D eigenvalue weighted by Crippen LogP contribution is -2.15. The van der Waals surface area contributed by atoms with Crippen LogP contribution in [0.3, 0.4) is 0 Å². The van der Waals surface area contributed by atoms with Gasteiger partial charge in [-0.15, -0.1) is 0 Å². The van der Waals surface area contributed by atoms with Crippen molar-refractivity contribution in [1.82, 2.24) is 15.3 Å². The second-order valence-electron chi connectivity index (χ2n) is 5.74. The quantitative estimate of drug-likeness (QED) is 0.683. The van der Waals surface area contributed by atoms with Crippen molar-refractivity contribution < 1.29 is 18.9 Å². The molecule has 0 radical (unpaired) electrons. The molecule has 1 amide bonds. The lowest BCUT2D eigenvalue weighted by atomic mass is 10.1. The van der Waals surface area contributed by atoms with Gasteiger partial charge in [-0.25, -0.2) is 9.61 Å². The summed E-state index contributed by atoms with van der Waals surface area (Å²) in [4.78, 5) is 16.9. The minimum atomic E-state index is -0.191. The molecule has 9 heteroatoms. The summed E-state index contributed by atoms with van der Waals surface area (Å²) in [6.07, 6.45) is 0.813. The van der Waals surface area contributed by atoms with Crippen LogP contribution in [0.15, 0.2) is 27.9 Å². The first-order valence-electron chi connectivity index (χ1n) is 8.09. The van der Waals surface area contributed by atoms with Gasteiger partial charge in [0.25, 0.3) is 0 Å². The van der Waals surface area contributed by atoms with Crippen molar-refractivity contribution in [2.24, 2.45) is 0 Å². The minimum Gasteiger partial charge on any atom is -0.454 e. The second kappa shape index (κ2) is 6.83. The van der Waals surface area contributed by atoms with Gasteiger partial charge in [0.1, 0.15) is 10.7 Å². The number of amides is 1. The number of ether oxygens (including phenoxy) is 2. The molecule has 0 spiro atoms. The molecule has 1 N–H and O–H groups in total. The maximum Gasteiger partial charge on any atom is 0.236 e. The number of aromatic nitrogens is 3. The first-order valence-corrected chi connectivity index (χ1v) is 9.07. The Kier molecular flexibility index (Phi) is 4.37. The molecule has 0 aliphatic carbocycles. The van der Waals surface area contributed by atoms with E-state index in [1.54, 1.807) is 6.92 Å². The van der Waals surface area contributed by atoms with Gasteiger partial charge in [0.05, 0.1) is 11.3 Å². The van der Waals surface area contributed by atoms with Crippen molar-refractivity contribution in [1.29, 1.82) is 0 Å². The molecular weight excluding hydrogens is 356 g/mol. The van der Waals surface area contributed by atoms with Gasteiger partial charge in [-0.2, -0.15) is 0 Å². The smallest absolute Gasteiger partial charge is 0.236 e. The summed E-state index contributed by atoms with van der Waals surface area (Å²) >= 11 is 1.38. The number of thioether (sulfide) groups is 1. The van der Waals surface area contributed by atoms with Crippen molar-refractivity contribution in [2.75, 3.05) is 17.9 Å². The summed E-state index contributed by atoms with van der Waals surface area (Å²) in [5.41, 5.74) is 2.43. The highest BCUT2D eigenvalue weighted by atomic mass is 32.2. The SMILES string of the molecule is CCc1cc2cc3c(cc2nc1SCC(=O)Nc1nonc1C)OCO3. The van der Waals surface area contributed by atoms with Gasteiger partial charge < -0.3 is 14.8 Å². The molecule has 4 rings (SSSR count). The topological polar surface area (TPSA) is 99.4 Å². The Balaban J connectivity index is 1.54. The van der Waals surface area contributed by atoms with Gasteiger partial charge in [-0.1, -0.05) is 23.8 Å². The molecule has 8 nitrogen and oxygen atoms in total. The van der Waals surface area contributed by atoms with E-state index in [0.717, 1.165) is 33.7 Å². The summed E-state index contributed by atoms with van der Waals surface area (Å²) < 4.78 is 15.4. The van der Waals surface area contributed by atoms with Crippen LogP contribution in [0.25, 0.3) is 10.9 Å². The monoisotopic (exact) mass is 372 g/mol. The molecular formula is C17H16N4O4S. The van der Waals surface area contributed by atoms with Crippen molar-refractivity contribution >= 4 is 34.4 Å². The Morgan fingerprint density at radius 1 is 1.23 bits per heavy atom. The molecule has 1 aliphatic rings. The van der Waals surface area contributed by atoms with Crippen molar-refractivity contribution in [3.8, 4) is 11.5 Å². The average molecular weight is 372 g/mol. The number of nitrogens with one attached hydrogen (secondary N) is 1. The normalized spacial score (nSPS) is 12.5. The molecule has 0 atom stereocenters. The summed E-state index contributed by atoms with van der Waals surface area (Å²) in [6.45, 7) is 4.00. The molecule has 3 heterocycles. The van der Waals surface area contributed by atoms with Crippen LogP contribution in [-0.4, -0.2) is 33.8 Å². The summed E-state index contributed by atoms with van der Waals surface area (Å²) in [5.74, 6) is 1.78. The zero-order valence-electron chi connectivity index (χ0n) is 14.2. The largest absolute Gasteiger partial charge is 0.454 e. The predicted octanol–water partition coefficient (Wildman–Crippen LogP) is 2.95. The zero-order valence-corrected chi connectivity index (χ0v) is 15.1. The van der Waals surface area contributed by atoms with Gasteiger partial charge in [0, 0.05) is 11.5 Å². The predicted molar refractivity (Wildman–Crippen MR) is 95.6 cm³/mol. The number of rotatable bonds is 5. The van der Waals surface area contributed by atoms with Gasteiger partial charge in [-0.3, -0.25) is 4.79 Å². The lowest BCUT2D eigenvalue weighted by molar-refractivity contribution is -0.113. The maximum absolute atomic E-state index is 12.1. The van der Waals surface area contributed by atoms with Crippen LogP contribution in [0.1, 0.15) is 18.2 Å². The van der Waals surface area contributed by atoms with Crippen LogP contribution in [0.2, 0.25) is 0 Å². The number of aryl methyl sites for hydroxylation is 2. The third kappa shape index (κ3) is 3.17. The van der Waals surface area contributed by atoms with Crippen LogP contribution >= 0.6 is 11.8 Å². The van der Waals surface area contributed by atoms with Gasteiger partial charge in [0.15, 0.2) is 17.3 Å². The number of benzene rings is 1. The third-order valence-corrected chi connectivity index (χ3v) is 5.01. The Bertz CT molecular complexity index is 988. The molecule has 3 aromatic rings. The van der Waals surface area contributed by atoms with E-state index in [1.807, 2.05) is 12.1 Å². The second-order valence-corrected chi connectivity index (χ2v) is 6.70. The maximum atomic E-state index is 12.1. The molecule has 1 aliphatic heterocycles. The third-order valence-electron chi connectivity index (χ3n) is 3.98. The molecule has 0 saturated carbocycles. The van der Waals surface area contributed by atoms with Gasteiger partial charge in [-0.05, 0) is 36.2 Å².